The zero-order chi connectivity index (χ0) is 17.8. The van der Waals surface area contributed by atoms with Crippen molar-refractivity contribution in [2.75, 3.05) is 12.4 Å². The second-order valence-electron chi connectivity index (χ2n) is 6.19. The smallest absolute Gasteiger partial charge is 1.00 e. The second-order valence-corrected chi connectivity index (χ2v) is 7.93. The third kappa shape index (κ3) is 34.3. The van der Waals surface area contributed by atoms with E-state index in [4.69, 9.17) is 9.66 Å². The van der Waals surface area contributed by atoms with Crippen LogP contribution in [0.5, 0.6) is 0 Å². The Kier molecular flexibility index (Phi) is 29.5. The van der Waals surface area contributed by atoms with Gasteiger partial charge in [-0.3, -0.25) is 4.55 Å². The molecule has 0 amide bonds. The van der Waals surface area contributed by atoms with Crippen LogP contribution in [-0.2, 0) is 10.1 Å². The minimum absolute atomic E-state index is 0. The molecule has 0 fully saturated rings. The summed E-state index contributed by atoms with van der Waals surface area (Å²) in [5.41, 5.74) is 0. The first-order valence-corrected chi connectivity index (χ1v) is 11.1. The van der Waals surface area contributed by atoms with Gasteiger partial charge in [0.1, 0.15) is 0 Å². The summed E-state index contributed by atoms with van der Waals surface area (Å²) in [6.07, 6.45) is 19.2. The van der Waals surface area contributed by atoms with Crippen LogP contribution in [-0.4, -0.2) is 30.4 Å². The van der Waals surface area contributed by atoms with E-state index < -0.39 is 10.1 Å². The Labute approximate surface area is 174 Å². The van der Waals surface area contributed by atoms with E-state index in [1.165, 1.54) is 90.4 Å². The molecule has 4 nitrogen and oxygen atoms in total. The first-order chi connectivity index (χ1) is 11.0. The standard InChI is InChI=1S/C16H34O.C2H6O3S.Na.H/c1-2-3-4-5-6-7-8-9-10-11-12-13-14-15-16-17;1-2-6(3,4)5;;/h17H,2-16H2,1H3;2H2,1H3,(H,3,4,5);;/q;;+1;-1. The third-order valence-corrected chi connectivity index (χ3v) is 4.61. The molecule has 0 rings (SSSR count). The van der Waals surface area contributed by atoms with Crippen molar-refractivity contribution in [1.82, 2.24) is 0 Å². The molecule has 0 atom stereocenters. The van der Waals surface area contributed by atoms with Gasteiger partial charge >= 0.3 is 29.6 Å². The van der Waals surface area contributed by atoms with Crippen LogP contribution >= 0.6 is 0 Å². The SMILES string of the molecule is CCCCCCCCCCCCCCCCO.CCS(=O)(=O)O.[H-].[Na+]. The molecule has 0 spiro atoms. The normalized spacial score (nSPS) is 10.7. The van der Waals surface area contributed by atoms with E-state index in [2.05, 4.69) is 6.92 Å². The second kappa shape index (κ2) is 23.9. The fourth-order valence-corrected chi connectivity index (χ4v) is 2.31. The van der Waals surface area contributed by atoms with Gasteiger partial charge in [0.15, 0.2) is 0 Å². The number of rotatable bonds is 15. The Balaban J connectivity index is -0.000000238. The summed E-state index contributed by atoms with van der Waals surface area (Å²) in [6, 6.07) is 0. The first kappa shape index (κ1) is 29.6. The third-order valence-electron chi connectivity index (χ3n) is 3.88. The predicted molar refractivity (Wildman–Crippen MR) is 101 cm³/mol. The molecule has 0 bridgehead atoms. The monoisotopic (exact) mass is 376 g/mol. The molecule has 6 heteroatoms. The van der Waals surface area contributed by atoms with Crippen LogP contribution < -0.4 is 29.6 Å². The Morgan fingerprint density at radius 1 is 0.667 bits per heavy atom. The number of hydrogen-bond acceptors (Lipinski definition) is 3. The topological polar surface area (TPSA) is 74.6 Å². The van der Waals surface area contributed by atoms with E-state index in [0.29, 0.717) is 6.61 Å². The van der Waals surface area contributed by atoms with E-state index in [0.717, 1.165) is 6.42 Å². The van der Waals surface area contributed by atoms with E-state index in [-0.39, 0.29) is 36.7 Å². The minimum atomic E-state index is -3.66. The van der Waals surface area contributed by atoms with Crippen molar-refractivity contribution >= 4 is 10.1 Å². The maximum Gasteiger partial charge on any atom is 1.00 e. The molecular formula is C18H41NaO4S. The van der Waals surface area contributed by atoms with Gasteiger partial charge in [-0.15, -0.1) is 0 Å². The molecule has 0 aromatic rings. The van der Waals surface area contributed by atoms with Crippen molar-refractivity contribution in [3.63, 3.8) is 0 Å². The van der Waals surface area contributed by atoms with Gasteiger partial charge in [0.25, 0.3) is 10.1 Å². The molecule has 2 N–H and O–H groups in total. The van der Waals surface area contributed by atoms with Gasteiger partial charge in [0.05, 0.1) is 5.75 Å². The van der Waals surface area contributed by atoms with E-state index >= 15 is 0 Å². The molecular weight excluding hydrogens is 335 g/mol. The van der Waals surface area contributed by atoms with Crippen molar-refractivity contribution in [2.24, 2.45) is 0 Å². The maximum absolute atomic E-state index is 9.56. The summed E-state index contributed by atoms with van der Waals surface area (Å²) in [5.74, 6) is -0.201. The van der Waals surface area contributed by atoms with Crippen LogP contribution in [0.1, 0.15) is 105 Å². The maximum atomic E-state index is 9.56. The molecule has 0 heterocycles. The summed E-state index contributed by atoms with van der Waals surface area (Å²) in [6.45, 7) is 4.02. The number of aliphatic hydroxyl groups is 1. The van der Waals surface area contributed by atoms with Crippen molar-refractivity contribution < 1.29 is 49.1 Å². The molecule has 0 aliphatic rings. The zero-order valence-corrected chi connectivity index (χ0v) is 19.2. The minimum Gasteiger partial charge on any atom is -1.00 e. The molecule has 0 aromatic heterocycles. The quantitative estimate of drug-likeness (QED) is 0.262. The van der Waals surface area contributed by atoms with Gasteiger partial charge in [-0.25, -0.2) is 0 Å². The van der Waals surface area contributed by atoms with Crippen LogP contribution in [0.15, 0.2) is 0 Å². The molecule has 0 saturated heterocycles. The fourth-order valence-electron chi connectivity index (χ4n) is 2.31. The molecule has 0 saturated carbocycles. The van der Waals surface area contributed by atoms with Crippen LogP contribution in [0.3, 0.4) is 0 Å². The Hall–Kier alpha value is 0.870. The van der Waals surface area contributed by atoms with Crippen molar-refractivity contribution in [2.45, 2.75) is 104 Å². The molecule has 0 radical (unpaired) electrons. The van der Waals surface area contributed by atoms with Gasteiger partial charge in [-0.1, -0.05) is 90.4 Å². The van der Waals surface area contributed by atoms with Gasteiger partial charge in [0.2, 0.25) is 0 Å². The van der Waals surface area contributed by atoms with Gasteiger partial charge in [-0.2, -0.15) is 8.42 Å². The fraction of sp³-hybridized carbons (Fsp3) is 1.00. The number of hydrogen-bond donors (Lipinski definition) is 2. The summed E-state index contributed by atoms with van der Waals surface area (Å²) in [7, 11) is -3.66. The average molecular weight is 377 g/mol. The average Bonchev–Trinajstić information content (AvgIpc) is 2.52. The molecule has 0 aliphatic heterocycles. The van der Waals surface area contributed by atoms with Gasteiger partial charge in [0, 0.05) is 6.61 Å². The van der Waals surface area contributed by atoms with E-state index in [1.54, 1.807) is 0 Å². The number of unbranched alkanes of at least 4 members (excludes halogenated alkanes) is 13. The molecule has 0 unspecified atom stereocenters. The van der Waals surface area contributed by atoms with E-state index in [9.17, 15) is 8.42 Å². The molecule has 144 valence electrons. The van der Waals surface area contributed by atoms with Crippen LogP contribution in [0, 0.1) is 0 Å². The summed E-state index contributed by atoms with van der Waals surface area (Å²) in [5, 5.41) is 8.64. The predicted octanol–water partition coefficient (Wildman–Crippen LogP) is 2.47. The summed E-state index contributed by atoms with van der Waals surface area (Å²) >= 11 is 0. The zero-order valence-electron chi connectivity index (χ0n) is 17.4. The van der Waals surface area contributed by atoms with Crippen LogP contribution in [0.2, 0.25) is 0 Å². The van der Waals surface area contributed by atoms with Gasteiger partial charge in [-0.05, 0) is 13.3 Å². The molecule has 0 aromatic carbocycles. The summed E-state index contributed by atoms with van der Waals surface area (Å²) in [4.78, 5) is 0. The van der Waals surface area contributed by atoms with Crippen molar-refractivity contribution in [3.8, 4) is 0 Å². The van der Waals surface area contributed by atoms with E-state index in [1.807, 2.05) is 0 Å². The Bertz CT molecular complexity index is 300. The Morgan fingerprint density at radius 3 is 1.12 bits per heavy atom. The molecule has 0 aliphatic carbocycles. The van der Waals surface area contributed by atoms with Crippen LogP contribution in [0.25, 0.3) is 0 Å². The summed E-state index contributed by atoms with van der Waals surface area (Å²) < 4.78 is 26.9. The Morgan fingerprint density at radius 2 is 0.917 bits per heavy atom. The largest absolute Gasteiger partial charge is 1.00 e. The van der Waals surface area contributed by atoms with Crippen molar-refractivity contribution in [3.05, 3.63) is 0 Å². The van der Waals surface area contributed by atoms with Crippen molar-refractivity contribution in [1.29, 1.82) is 0 Å². The van der Waals surface area contributed by atoms with Gasteiger partial charge < -0.3 is 6.53 Å². The van der Waals surface area contributed by atoms with Crippen LogP contribution in [0.4, 0.5) is 0 Å². The number of aliphatic hydroxyl groups excluding tert-OH is 1. The molecule has 24 heavy (non-hydrogen) atoms. The first-order valence-electron chi connectivity index (χ1n) is 9.54.